The minimum absolute atomic E-state index is 0.390. The van der Waals surface area contributed by atoms with E-state index in [9.17, 15) is 18.0 Å². The van der Waals surface area contributed by atoms with E-state index in [4.69, 9.17) is 9.47 Å². The minimum Gasteiger partial charge on any atom is -0.380 e. The first-order valence-corrected chi connectivity index (χ1v) is 6.84. The van der Waals surface area contributed by atoms with Crippen LogP contribution in [-0.4, -0.2) is 32.3 Å². The molecule has 1 amide bonds. The van der Waals surface area contributed by atoms with Gasteiger partial charge in [0.15, 0.2) is 0 Å². The first kappa shape index (κ1) is 16.8. The summed E-state index contributed by atoms with van der Waals surface area (Å²) in [7, 11) is 3.16. The van der Waals surface area contributed by atoms with E-state index < -0.39 is 18.1 Å². The molecular weight excluding hydrogens is 299 g/mol. The molecule has 1 aromatic carbocycles. The number of hydrogen-bond donors (Lipinski definition) is 1. The molecule has 2 rings (SSSR count). The van der Waals surface area contributed by atoms with E-state index in [-0.39, 0.29) is 0 Å². The molecule has 0 fully saturated rings. The average Bonchev–Trinajstić information content (AvgIpc) is 2.80. The van der Waals surface area contributed by atoms with Gasteiger partial charge in [0.1, 0.15) is 0 Å². The lowest BCUT2D eigenvalue weighted by atomic mass is 10.0. The third-order valence-corrected chi connectivity index (χ3v) is 3.65. The lowest BCUT2D eigenvalue weighted by molar-refractivity contribution is -0.174. The summed E-state index contributed by atoms with van der Waals surface area (Å²) in [6.45, 7) is 0.817. The van der Waals surface area contributed by atoms with E-state index in [1.54, 1.807) is 14.2 Å². The summed E-state index contributed by atoms with van der Waals surface area (Å²) in [6, 6.07) is 3.32. The van der Waals surface area contributed by atoms with Crippen molar-refractivity contribution >= 4 is 5.91 Å². The monoisotopic (exact) mass is 317 g/mol. The molecule has 0 aliphatic heterocycles. The lowest BCUT2D eigenvalue weighted by Gasteiger charge is -2.13. The second kappa shape index (κ2) is 6.66. The number of carbonyl (C=O) groups excluding carboxylic acids is 1. The van der Waals surface area contributed by atoms with Crippen LogP contribution in [0.25, 0.3) is 0 Å². The SMILES string of the molecule is COCc1cc2c(cc1COC)CC(NC(=O)C(F)(F)F)C2. The number of carbonyl (C=O) groups is 1. The normalized spacial score (nSPS) is 15.0. The van der Waals surface area contributed by atoms with Crippen LogP contribution in [0.4, 0.5) is 13.2 Å². The third kappa shape index (κ3) is 3.78. The Balaban J connectivity index is 2.14. The molecule has 0 aromatic heterocycles. The van der Waals surface area contributed by atoms with Crippen LogP contribution in [0.15, 0.2) is 12.1 Å². The number of halogens is 3. The Kier molecular flexibility index (Phi) is 5.08. The van der Waals surface area contributed by atoms with E-state index in [0.29, 0.717) is 26.1 Å². The highest BCUT2D eigenvalue weighted by atomic mass is 19.4. The van der Waals surface area contributed by atoms with E-state index in [1.165, 1.54) is 0 Å². The summed E-state index contributed by atoms with van der Waals surface area (Å²) in [5.74, 6) is -1.89. The van der Waals surface area contributed by atoms with Crippen LogP contribution in [0.3, 0.4) is 0 Å². The van der Waals surface area contributed by atoms with Gasteiger partial charge in [0.25, 0.3) is 0 Å². The molecule has 0 saturated carbocycles. The van der Waals surface area contributed by atoms with Gasteiger partial charge in [0, 0.05) is 20.3 Å². The molecule has 4 nitrogen and oxygen atoms in total. The number of ether oxygens (including phenoxy) is 2. The van der Waals surface area contributed by atoms with Crippen molar-refractivity contribution in [2.45, 2.75) is 38.3 Å². The Morgan fingerprint density at radius 3 is 1.95 bits per heavy atom. The molecule has 22 heavy (non-hydrogen) atoms. The molecule has 0 saturated heterocycles. The summed E-state index contributed by atoms with van der Waals surface area (Å²) >= 11 is 0. The van der Waals surface area contributed by atoms with E-state index >= 15 is 0 Å². The molecule has 0 heterocycles. The Hall–Kier alpha value is -1.60. The van der Waals surface area contributed by atoms with Crippen molar-refractivity contribution in [2.75, 3.05) is 14.2 Å². The Morgan fingerprint density at radius 1 is 1.14 bits per heavy atom. The maximum atomic E-state index is 12.3. The van der Waals surface area contributed by atoms with Crippen molar-refractivity contribution in [2.24, 2.45) is 0 Å². The van der Waals surface area contributed by atoms with Gasteiger partial charge in [-0.1, -0.05) is 12.1 Å². The zero-order chi connectivity index (χ0) is 16.3. The fraction of sp³-hybridized carbons (Fsp3) is 0.533. The summed E-state index contributed by atoms with van der Waals surface area (Å²) in [5.41, 5.74) is 3.79. The number of amides is 1. The Bertz CT molecular complexity index is 523. The van der Waals surface area contributed by atoms with E-state index in [2.05, 4.69) is 0 Å². The quantitative estimate of drug-likeness (QED) is 0.905. The number of nitrogens with one attached hydrogen (secondary N) is 1. The second-order valence-corrected chi connectivity index (χ2v) is 5.33. The largest absolute Gasteiger partial charge is 0.471 e. The molecule has 0 unspecified atom stereocenters. The van der Waals surface area contributed by atoms with Gasteiger partial charge in [-0.2, -0.15) is 13.2 Å². The third-order valence-electron chi connectivity index (χ3n) is 3.65. The summed E-state index contributed by atoms with van der Waals surface area (Å²) in [5, 5.41) is 2.04. The maximum Gasteiger partial charge on any atom is 0.471 e. The van der Waals surface area contributed by atoms with Gasteiger partial charge in [-0.05, 0) is 35.1 Å². The summed E-state index contributed by atoms with van der Waals surface area (Å²) in [6.07, 6.45) is -4.07. The molecular formula is C15H18F3NO3. The second-order valence-electron chi connectivity index (χ2n) is 5.33. The van der Waals surface area contributed by atoms with Crippen molar-refractivity contribution in [3.63, 3.8) is 0 Å². The van der Waals surface area contributed by atoms with Crippen LogP contribution in [0.2, 0.25) is 0 Å². The molecule has 0 atom stereocenters. The zero-order valence-electron chi connectivity index (χ0n) is 12.4. The fourth-order valence-electron chi connectivity index (χ4n) is 2.72. The molecule has 1 aromatic rings. The highest BCUT2D eigenvalue weighted by Crippen LogP contribution is 2.28. The first-order valence-electron chi connectivity index (χ1n) is 6.84. The molecule has 1 aliphatic carbocycles. The minimum atomic E-state index is -4.85. The highest BCUT2D eigenvalue weighted by Gasteiger charge is 2.40. The topological polar surface area (TPSA) is 47.6 Å². The number of rotatable bonds is 5. The standard InChI is InChI=1S/C15H18F3NO3/c1-21-7-11-3-9-5-13(19-14(20)15(16,17)18)6-10(9)4-12(11)8-22-2/h3-4,13H,5-8H2,1-2H3,(H,19,20). The number of hydrogen-bond acceptors (Lipinski definition) is 3. The van der Waals surface area contributed by atoms with Gasteiger partial charge in [0.2, 0.25) is 0 Å². The predicted molar refractivity (Wildman–Crippen MR) is 73.3 cm³/mol. The molecule has 7 heteroatoms. The van der Waals surface area contributed by atoms with Crippen LogP contribution in [0.5, 0.6) is 0 Å². The number of alkyl halides is 3. The van der Waals surface area contributed by atoms with Crippen molar-refractivity contribution in [1.29, 1.82) is 0 Å². The van der Waals surface area contributed by atoms with Gasteiger partial charge >= 0.3 is 12.1 Å². The van der Waals surface area contributed by atoms with Crippen LogP contribution < -0.4 is 5.32 Å². The zero-order valence-corrected chi connectivity index (χ0v) is 12.4. The molecule has 0 bridgehead atoms. The van der Waals surface area contributed by atoms with Crippen LogP contribution in [0, 0.1) is 0 Å². The molecule has 1 N–H and O–H groups in total. The van der Waals surface area contributed by atoms with Crippen molar-refractivity contribution in [1.82, 2.24) is 5.32 Å². The fourth-order valence-corrected chi connectivity index (χ4v) is 2.72. The molecule has 0 radical (unpaired) electrons. The molecule has 1 aliphatic rings. The van der Waals surface area contributed by atoms with Gasteiger partial charge in [0.05, 0.1) is 13.2 Å². The Morgan fingerprint density at radius 2 is 1.59 bits per heavy atom. The van der Waals surface area contributed by atoms with Gasteiger partial charge in [-0.3, -0.25) is 4.79 Å². The predicted octanol–water partition coefficient (Wildman–Crippen LogP) is 2.13. The van der Waals surface area contributed by atoms with Crippen molar-refractivity contribution in [3.8, 4) is 0 Å². The number of methoxy groups -OCH3 is 2. The van der Waals surface area contributed by atoms with Crippen molar-refractivity contribution < 1.29 is 27.4 Å². The lowest BCUT2D eigenvalue weighted by Crippen LogP contribution is -2.43. The van der Waals surface area contributed by atoms with E-state index in [1.807, 2.05) is 17.4 Å². The number of fused-ring (bicyclic) bond motifs is 1. The summed E-state index contributed by atoms with van der Waals surface area (Å²) < 4.78 is 47.2. The van der Waals surface area contributed by atoms with Crippen LogP contribution in [0.1, 0.15) is 22.3 Å². The van der Waals surface area contributed by atoms with Gasteiger partial charge in [-0.25, -0.2) is 0 Å². The van der Waals surface area contributed by atoms with Gasteiger partial charge in [-0.15, -0.1) is 0 Å². The maximum absolute atomic E-state index is 12.3. The van der Waals surface area contributed by atoms with E-state index in [0.717, 1.165) is 22.3 Å². The number of benzene rings is 1. The highest BCUT2D eigenvalue weighted by molar-refractivity contribution is 5.82. The van der Waals surface area contributed by atoms with Crippen LogP contribution in [-0.2, 0) is 40.3 Å². The smallest absolute Gasteiger partial charge is 0.380 e. The first-order chi connectivity index (χ1) is 10.3. The van der Waals surface area contributed by atoms with Crippen LogP contribution >= 0.6 is 0 Å². The van der Waals surface area contributed by atoms with Gasteiger partial charge < -0.3 is 14.8 Å². The van der Waals surface area contributed by atoms with Crippen molar-refractivity contribution in [3.05, 3.63) is 34.4 Å². The Labute approximate surface area is 126 Å². The molecule has 122 valence electrons. The molecule has 0 spiro atoms. The summed E-state index contributed by atoms with van der Waals surface area (Å²) in [4.78, 5) is 11.0. The average molecular weight is 317 g/mol.